The predicted octanol–water partition coefficient (Wildman–Crippen LogP) is 5.89. The number of rotatable bonds is 4. The van der Waals surface area contributed by atoms with Gasteiger partial charge in [-0.25, -0.2) is 0 Å². The smallest absolute Gasteiger partial charge is 0.283 e. The van der Waals surface area contributed by atoms with Crippen LogP contribution in [0.5, 0.6) is 11.5 Å². The Morgan fingerprint density at radius 2 is 1.34 bits per heavy atom. The fourth-order valence-electron chi connectivity index (χ4n) is 3.19. The molecule has 0 heterocycles. The van der Waals surface area contributed by atoms with Crippen LogP contribution in [0.25, 0.3) is 0 Å². The van der Waals surface area contributed by atoms with Crippen LogP contribution in [0.2, 0.25) is 20.1 Å². The van der Waals surface area contributed by atoms with Gasteiger partial charge in [0.2, 0.25) is 0 Å². The monoisotopic (exact) mass is 492 g/mol. The SMILES string of the molecule is O=S(=O)(O)C(c1ccccc1)(c1ccc(O)c(O)c1)c1c(Cl)cc(Cl)c(Cl)c1Cl. The van der Waals surface area contributed by atoms with Crippen LogP contribution in [0.1, 0.15) is 16.7 Å². The molecule has 0 bridgehead atoms. The molecule has 0 radical (unpaired) electrons. The van der Waals surface area contributed by atoms with Crippen molar-refractivity contribution in [3.05, 3.63) is 91.4 Å². The zero-order valence-corrected chi connectivity index (χ0v) is 18.1. The fourth-order valence-corrected chi connectivity index (χ4v) is 5.82. The van der Waals surface area contributed by atoms with E-state index in [2.05, 4.69) is 0 Å². The first-order valence-corrected chi connectivity index (χ1v) is 10.9. The molecule has 3 aromatic rings. The maximum absolute atomic E-state index is 13.0. The van der Waals surface area contributed by atoms with Gasteiger partial charge >= 0.3 is 0 Å². The van der Waals surface area contributed by atoms with Gasteiger partial charge in [-0.2, -0.15) is 8.42 Å². The Morgan fingerprint density at radius 1 is 0.724 bits per heavy atom. The second-order valence-electron chi connectivity index (χ2n) is 6.07. The normalized spacial score (nSPS) is 13.8. The molecule has 5 nitrogen and oxygen atoms in total. The van der Waals surface area contributed by atoms with Crippen molar-refractivity contribution in [3.63, 3.8) is 0 Å². The van der Waals surface area contributed by atoms with E-state index in [1.807, 2.05) is 0 Å². The predicted molar refractivity (Wildman–Crippen MR) is 114 cm³/mol. The van der Waals surface area contributed by atoms with Crippen molar-refractivity contribution >= 4 is 56.5 Å². The van der Waals surface area contributed by atoms with E-state index in [0.717, 1.165) is 12.1 Å². The molecule has 0 aliphatic rings. The Morgan fingerprint density at radius 3 is 1.90 bits per heavy atom. The molecule has 0 amide bonds. The first-order chi connectivity index (χ1) is 13.5. The van der Waals surface area contributed by atoms with Gasteiger partial charge in [-0.05, 0) is 29.3 Å². The number of phenolic OH excluding ortho intramolecular Hbond substituents is 2. The maximum Gasteiger partial charge on any atom is 0.283 e. The average molecular weight is 494 g/mol. The summed E-state index contributed by atoms with van der Waals surface area (Å²) in [5.41, 5.74) is -0.326. The van der Waals surface area contributed by atoms with E-state index in [0.29, 0.717) is 0 Å². The summed E-state index contributed by atoms with van der Waals surface area (Å²) < 4.78 is 34.0. The lowest BCUT2D eigenvalue weighted by Gasteiger charge is -2.34. The highest BCUT2D eigenvalue weighted by Crippen LogP contribution is 2.52. The van der Waals surface area contributed by atoms with Gasteiger partial charge in [0.15, 0.2) is 16.2 Å². The molecule has 0 fully saturated rings. The minimum atomic E-state index is -5.05. The van der Waals surface area contributed by atoms with E-state index in [9.17, 15) is 23.2 Å². The summed E-state index contributed by atoms with van der Waals surface area (Å²) >= 11 is 24.9. The Balaban J connectivity index is 2.62. The van der Waals surface area contributed by atoms with Crippen molar-refractivity contribution < 1.29 is 23.2 Å². The summed E-state index contributed by atoms with van der Waals surface area (Å²) in [6, 6.07) is 12.1. The van der Waals surface area contributed by atoms with Crippen molar-refractivity contribution in [2.75, 3.05) is 0 Å². The summed E-state index contributed by atoms with van der Waals surface area (Å²) in [6.45, 7) is 0. The van der Waals surface area contributed by atoms with Crippen molar-refractivity contribution in [2.45, 2.75) is 4.75 Å². The first kappa shape index (κ1) is 22.0. The molecule has 3 aromatic carbocycles. The van der Waals surface area contributed by atoms with Crippen LogP contribution in [0.15, 0.2) is 54.6 Å². The molecule has 0 aromatic heterocycles. The van der Waals surface area contributed by atoms with Gasteiger partial charge in [-0.1, -0.05) is 82.8 Å². The van der Waals surface area contributed by atoms with Crippen molar-refractivity contribution in [1.29, 1.82) is 0 Å². The standard InChI is InChI=1S/C19H12Cl4O5S/c20-12-9-13(21)17(22)18(23)16(12)19(29(26,27)28,10-4-2-1-3-5-10)11-6-7-14(24)15(25)8-11/h1-9,24-25H,(H,26,27,28). The lowest BCUT2D eigenvalue weighted by molar-refractivity contribution is 0.402. The molecule has 0 aliphatic carbocycles. The minimum Gasteiger partial charge on any atom is -0.504 e. The molecule has 1 atom stereocenters. The van der Waals surface area contributed by atoms with Crippen molar-refractivity contribution in [3.8, 4) is 11.5 Å². The minimum absolute atomic E-state index is 0.0173. The summed E-state index contributed by atoms with van der Waals surface area (Å²) in [5.74, 6) is -1.10. The molecule has 3 N–H and O–H groups in total. The third kappa shape index (κ3) is 3.54. The fraction of sp³-hybridized carbons (Fsp3) is 0.0526. The topological polar surface area (TPSA) is 94.8 Å². The van der Waals surface area contributed by atoms with Crippen molar-refractivity contribution in [2.24, 2.45) is 0 Å². The largest absolute Gasteiger partial charge is 0.504 e. The quantitative estimate of drug-likeness (QED) is 0.138. The van der Waals surface area contributed by atoms with Crippen molar-refractivity contribution in [1.82, 2.24) is 0 Å². The molecule has 1 unspecified atom stereocenters. The zero-order valence-electron chi connectivity index (χ0n) is 14.3. The van der Waals surface area contributed by atoms with Crippen LogP contribution in [0.4, 0.5) is 0 Å². The highest BCUT2D eigenvalue weighted by atomic mass is 35.5. The number of hydrogen-bond acceptors (Lipinski definition) is 4. The van der Waals surface area contributed by atoms with Gasteiger partial charge in [0.25, 0.3) is 10.1 Å². The van der Waals surface area contributed by atoms with Gasteiger partial charge in [0.05, 0.1) is 15.1 Å². The van der Waals surface area contributed by atoms with Gasteiger partial charge in [-0.15, -0.1) is 0 Å². The molecule has 10 heteroatoms. The van der Waals surface area contributed by atoms with E-state index in [4.69, 9.17) is 46.4 Å². The lowest BCUT2D eigenvalue weighted by Crippen LogP contribution is -2.39. The molecular weight excluding hydrogens is 482 g/mol. The zero-order chi connectivity index (χ0) is 21.6. The van der Waals surface area contributed by atoms with Crippen LogP contribution in [0, 0.1) is 0 Å². The molecule has 29 heavy (non-hydrogen) atoms. The Kier molecular flexibility index (Phi) is 5.98. The number of phenols is 2. The first-order valence-electron chi connectivity index (χ1n) is 7.90. The lowest BCUT2D eigenvalue weighted by atomic mass is 9.83. The summed E-state index contributed by atoms with van der Waals surface area (Å²) in [4.78, 5) is 0. The highest BCUT2D eigenvalue weighted by Gasteiger charge is 2.51. The number of hydrogen-bond donors (Lipinski definition) is 3. The number of aromatic hydroxyl groups is 2. The number of halogens is 4. The molecule has 0 saturated carbocycles. The second kappa shape index (κ2) is 7.87. The maximum atomic E-state index is 13.0. The summed E-state index contributed by atoms with van der Waals surface area (Å²) in [7, 11) is -5.05. The number of benzene rings is 3. The van der Waals surface area contributed by atoms with E-state index < -0.39 is 26.4 Å². The summed E-state index contributed by atoms with van der Waals surface area (Å²) in [6.07, 6.45) is 0. The highest BCUT2D eigenvalue weighted by molar-refractivity contribution is 7.87. The second-order valence-corrected chi connectivity index (χ2v) is 9.20. The van der Waals surface area contributed by atoms with Crippen LogP contribution in [-0.4, -0.2) is 23.2 Å². The molecule has 0 saturated heterocycles. The van der Waals surface area contributed by atoms with E-state index >= 15 is 0 Å². The van der Waals surface area contributed by atoms with Crippen LogP contribution in [-0.2, 0) is 14.9 Å². The Labute approximate surface area is 186 Å². The van der Waals surface area contributed by atoms with E-state index in [1.165, 1.54) is 24.3 Å². The van der Waals surface area contributed by atoms with Gasteiger partial charge in [-0.3, -0.25) is 4.55 Å². The third-order valence-corrected chi connectivity index (χ3v) is 7.42. The molecule has 3 rings (SSSR count). The van der Waals surface area contributed by atoms with Gasteiger partial charge < -0.3 is 10.2 Å². The molecule has 0 aliphatic heterocycles. The Hall–Kier alpha value is -1.67. The van der Waals surface area contributed by atoms with Gasteiger partial charge in [0.1, 0.15) is 0 Å². The van der Waals surface area contributed by atoms with E-state index in [1.54, 1.807) is 18.2 Å². The molecule has 0 spiro atoms. The van der Waals surface area contributed by atoms with Crippen LogP contribution >= 0.6 is 46.4 Å². The molecular formula is C19H12Cl4O5S. The third-order valence-electron chi connectivity index (χ3n) is 4.42. The molecule has 152 valence electrons. The average Bonchev–Trinajstić information content (AvgIpc) is 2.65. The van der Waals surface area contributed by atoms with Crippen LogP contribution < -0.4 is 0 Å². The Bertz CT molecular complexity index is 1200. The van der Waals surface area contributed by atoms with Gasteiger partial charge in [0, 0.05) is 10.6 Å². The van der Waals surface area contributed by atoms with E-state index in [-0.39, 0.29) is 36.8 Å². The summed E-state index contributed by atoms with van der Waals surface area (Å²) in [5, 5.41) is 19.1. The van der Waals surface area contributed by atoms with Crippen LogP contribution in [0.3, 0.4) is 0 Å².